The topological polar surface area (TPSA) is 177 Å². The van der Waals surface area contributed by atoms with Crippen LogP contribution in [0.25, 0.3) is 6.08 Å². The van der Waals surface area contributed by atoms with Gasteiger partial charge in [-0.2, -0.15) is 0 Å². The molecule has 1 aromatic carbocycles. The molecule has 0 saturated heterocycles. The van der Waals surface area contributed by atoms with Crippen LogP contribution < -0.4 is 14.8 Å². The first-order chi connectivity index (χ1) is 12.7. The van der Waals surface area contributed by atoms with E-state index in [1.165, 1.54) is 0 Å². The van der Waals surface area contributed by atoms with Crippen LogP contribution in [0.5, 0.6) is 11.5 Å². The van der Waals surface area contributed by atoms with Gasteiger partial charge in [0.1, 0.15) is 12.7 Å². The van der Waals surface area contributed by atoms with Gasteiger partial charge in [0.15, 0.2) is 11.5 Å². The van der Waals surface area contributed by atoms with Crippen LogP contribution >= 0.6 is 0 Å². The average Bonchev–Trinajstić information content (AvgIpc) is 2.63. The summed E-state index contributed by atoms with van der Waals surface area (Å²) < 4.78 is 10.9. The van der Waals surface area contributed by atoms with Crippen molar-refractivity contribution in [3.8, 4) is 11.5 Å². The van der Waals surface area contributed by atoms with Gasteiger partial charge in [0.05, 0.1) is 13.7 Å². The van der Waals surface area contributed by atoms with Crippen LogP contribution in [0.3, 0.4) is 0 Å². The van der Waals surface area contributed by atoms with E-state index in [1.807, 2.05) is 26.0 Å². The van der Waals surface area contributed by atoms with Crippen molar-refractivity contribution in [1.82, 2.24) is 5.32 Å². The molecule has 1 aromatic rings. The molecule has 0 radical (unpaired) electrons. The molecule has 10 heteroatoms. The number of carboxylic acid groups (broad SMARTS) is 2. The largest absolute Gasteiger partial charge is 0.493 e. The monoisotopic (exact) mass is 403 g/mol. The summed E-state index contributed by atoms with van der Waals surface area (Å²) in [6.45, 7) is 4.69. The smallest absolute Gasteiger partial charge is 0.414 e. The number of carboxylic acids is 2. The first-order valence-corrected chi connectivity index (χ1v) is 8.17. The molecule has 10 nitrogen and oxygen atoms in total. The molecular weight excluding hydrogens is 374 g/mol. The Morgan fingerprint density at radius 2 is 1.79 bits per heavy atom. The normalized spacial score (nSPS) is 11.2. The van der Waals surface area contributed by atoms with Gasteiger partial charge in [-0.3, -0.25) is 0 Å². The van der Waals surface area contributed by atoms with E-state index in [9.17, 15) is 5.11 Å². The fourth-order valence-corrected chi connectivity index (χ4v) is 1.72. The van der Waals surface area contributed by atoms with E-state index in [2.05, 4.69) is 5.32 Å². The Labute approximate surface area is 163 Å². The van der Waals surface area contributed by atoms with Crippen molar-refractivity contribution >= 4 is 18.0 Å². The fourth-order valence-electron chi connectivity index (χ4n) is 1.72. The molecule has 0 aliphatic rings. The molecule has 0 saturated carbocycles. The molecule has 0 heterocycles. The van der Waals surface area contributed by atoms with Crippen molar-refractivity contribution in [2.24, 2.45) is 0 Å². The maximum absolute atomic E-state index is 9.86. The van der Waals surface area contributed by atoms with Crippen LogP contribution in [0.1, 0.15) is 19.4 Å². The highest BCUT2D eigenvalue weighted by Gasteiger charge is 2.09. The summed E-state index contributed by atoms with van der Waals surface area (Å²) >= 11 is 0. The molecule has 0 bridgehead atoms. The minimum Gasteiger partial charge on any atom is -0.493 e. The van der Waals surface area contributed by atoms with Crippen LogP contribution in [0.4, 0.5) is 0 Å². The summed E-state index contributed by atoms with van der Waals surface area (Å²) in [6, 6.07) is 5.80. The predicted molar refractivity (Wildman–Crippen MR) is 103 cm³/mol. The van der Waals surface area contributed by atoms with Gasteiger partial charge in [0.2, 0.25) is 0 Å². The van der Waals surface area contributed by atoms with Gasteiger partial charge in [-0.05, 0) is 17.7 Å². The summed E-state index contributed by atoms with van der Waals surface area (Å²) in [5.74, 6) is -2.47. The van der Waals surface area contributed by atoms with Crippen LogP contribution in [-0.4, -0.2) is 76.9 Å². The fraction of sp³-hybridized carbons (Fsp3) is 0.444. The third kappa shape index (κ3) is 12.7. The Morgan fingerprint density at radius 1 is 1.18 bits per heavy atom. The molecule has 0 amide bonds. The van der Waals surface area contributed by atoms with Gasteiger partial charge >= 0.3 is 11.9 Å². The number of carbonyl (C=O) groups is 2. The Kier molecular flexibility index (Phi) is 15.2. The molecular formula is C18H29NO9. The zero-order chi connectivity index (χ0) is 20.8. The molecule has 0 fully saturated rings. The third-order valence-corrected chi connectivity index (χ3v) is 2.98. The van der Waals surface area contributed by atoms with Gasteiger partial charge in [0.25, 0.3) is 0 Å². The number of hydrogen-bond donors (Lipinski definition) is 5. The van der Waals surface area contributed by atoms with Gasteiger partial charge in [-0.25, -0.2) is 9.59 Å². The number of aliphatic hydroxyl groups is 2. The molecule has 1 unspecified atom stereocenters. The quantitative estimate of drug-likeness (QED) is 0.348. The number of methoxy groups -OCH3 is 1. The lowest BCUT2D eigenvalue weighted by Gasteiger charge is -2.16. The number of hydrogen-bond acceptors (Lipinski definition) is 7. The maximum atomic E-state index is 9.86. The van der Waals surface area contributed by atoms with E-state index in [-0.39, 0.29) is 18.7 Å². The summed E-state index contributed by atoms with van der Waals surface area (Å²) in [6.07, 6.45) is 2.85. The molecule has 1 rings (SSSR count). The Morgan fingerprint density at radius 3 is 2.25 bits per heavy atom. The average molecular weight is 403 g/mol. The van der Waals surface area contributed by atoms with E-state index < -0.39 is 18.0 Å². The minimum absolute atomic E-state index is 0. The molecule has 28 heavy (non-hydrogen) atoms. The summed E-state index contributed by atoms with van der Waals surface area (Å²) in [7, 11) is 1.57. The van der Waals surface area contributed by atoms with Crippen molar-refractivity contribution in [2.45, 2.75) is 26.0 Å². The number of ether oxygens (including phenoxy) is 2. The molecule has 0 aliphatic heterocycles. The SMILES string of the molecule is COc1ccc(/C=C/CO)cc1OCC(O)CNC(C)C.O.O=C(O)C(=O)O. The van der Waals surface area contributed by atoms with E-state index in [0.29, 0.717) is 24.1 Å². The first-order valence-electron chi connectivity index (χ1n) is 8.17. The van der Waals surface area contributed by atoms with Crippen LogP contribution in [0.2, 0.25) is 0 Å². The van der Waals surface area contributed by atoms with Crippen molar-refractivity contribution in [2.75, 3.05) is 26.9 Å². The van der Waals surface area contributed by atoms with E-state index in [1.54, 1.807) is 25.3 Å². The second-order valence-corrected chi connectivity index (χ2v) is 5.63. The standard InChI is InChI=1S/C16H25NO4.C2H2O4.H2O/c1-12(2)17-10-14(19)11-21-16-9-13(5-4-8-18)6-7-15(16)20-3;3-1(4)2(5)6;/h4-7,9,12,14,17-19H,8,10-11H2,1-3H3;(H,3,4)(H,5,6);1H2/b5-4+;;. The number of nitrogens with one attached hydrogen (secondary N) is 1. The number of aliphatic hydroxyl groups excluding tert-OH is 2. The molecule has 0 spiro atoms. The van der Waals surface area contributed by atoms with E-state index in [0.717, 1.165) is 5.56 Å². The minimum atomic E-state index is -1.82. The van der Waals surface area contributed by atoms with Crippen LogP contribution in [0.15, 0.2) is 24.3 Å². The van der Waals surface area contributed by atoms with E-state index >= 15 is 0 Å². The lowest BCUT2D eigenvalue weighted by atomic mass is 10.2. The van der Waals surface area contributed by atoms with Crippen LogP contribution in [-0.2, 0) is 9.59 Å². The summed E-state index contributed by atoms with van der Waals surface area (Å²) in [5.41, 5.74) is 0.898. The highest BCUT2D eigenvalue weighted by atomic mass is 16.5. The maximum Gasteiger partial charge on any atom is 0.414 e. The van der Waals surface area contributed by atoms with Crippen molar-refractivity contribution in [1.29, 1.82) is 0 Å². The second kappa shape index (κ2) is 15.4. The zero-order valence-electron chi connectivity index (χ0n) is 16.1. The highest BCUT2D eigenvalue weighted by Crippen LogP contribution is 2.28. The number of aliphatic carboxylic acids is 2. The molecule has 1 atom stereocenters. The van der Waals surface area contributed by atoms with Crippen LogP contribution in [0, 0.1) is 0 Å². The third-order valence-electron chi connectivity index (χ3n) is 2.98. The second-order valence-electron chi connectivity index (χ2n) is 5.63. The van der Waals surface area contributed by atoms with Crippen molar-refractivity contribution in [3.05, 3.63) is 29.8 Å². The van der Waals surface area contributed by atoms with Crippen molar-refractivity contribution in [3.63, 3.8) is 0 Å². The highest BCUT2D eigenvalue weighted by molar-refractivity contribution is 6.27. The zero-order valence-corrected chi connectivity index (χ0v) is 16.1. The van der Waals surface area contributed by atoms with Crippen molar-refractivity contribution < 1.29 is 45.0 Å². The Hall–Kier alpha value is -2.66. The number of benzene rings is 1. The first kappa shape index (κ1) is 27.6. The Bertz CT molecular complexity index is 605. The molecule has 0 aliphatic carbocycles. The lowest BCUT2D eigenvalue weighted by Crippen LogP contribution is -2.35. The predicted octanol–water partition coefficient (Wildman–Crippen LogP) is -0.231. The van der Waals surface area contributed by atoms with Gasteiger partial charge < -0.3 is 40.7 Å². The van der Waals surface area contributed by atoms with Gasteiger partial charge in [0, 0.05) is 12.6 Å². The van der Waals surface area contributed by atoms with E-state index in [4.69, 9.17) is 34.4 Å². The summed E-state index contributed by atoms with van der Waals surface area (Å²) in [5, 5.41) is 36.6. The van der Waals surface area contributed by atoms with Gasteiger partial charge in [-0.15, -0.1) is 0 Å². The number of rotatable bonds is 9. The molecule has 160 valence electrons. The molecule has 7 N–H and O–H groups in total. The summed E-state index contributed by atoms with van der Waals surface area (Å²) in [4.78, 5) is 18.2. The lowest BCUT2D eigenvalue weighted by molar-refractivity contribution is -0.159. The molecule has 0 aromatic heterocycles. The van der Waals surface area contributed by atoms with Gasteiger partial charge in [-0.1, -0.05) is 32.1 Å². The Balaban J connectivity index is 0.